The number of hydrogen-bond acceptors (Lipinski definition) is 5. The molecule has 1 aromatic heterocycles. The summed E-state index contributed by atoms with van der Waals surface area (Å²) >= 11 is 0. The van der Waals surface area contributed by atoms with Gasteiger partial charge in [0.2, 0.25) is 0 Å². The minimum absolute atomic E-state index is 0.117. The van der Waals surface area contributed by atoms with Crippen LogP contribution in [0, 0.1) is 0 Å². The summed E-state index contributed by atoms with van der Waals surface area (Å²) in [5.41, 5.74) is 1.21. The Morgan fingerprint density at radius 1 is 1.45 bits per heavy atom. The molecule has 0 atom stereocenters. The molecule has 0 aliphatic heterocycles. The van der Waals surface area contributed by atoms with Gasteiger partial charge in [-0.1, -0.05) is 6.07 Å². The molecule has 0 bridgehead atoms. The number of aromatic amines is 1. The van der Waals surface area contributed by atoms with E-state index in [0.29, 0.717) is 16.7 Å². The molecular formula is C13H11NO6. The number of carbonyl (C=O) groups is 2. The topological polar surface area (TPSA) is 110 Å². The van der Waals surface area contributed by atoms with Gasteiger partial charge in [0.15, 0.2) is 5.58 Å². The fourth-order valence-corrected chi connectivity index (χ4v) is 1.67. The van der Waals surface area contributed by atoms with Crippen molar-refractivity contribution in [2.45, 2.75) is 6.42 Å². The van der Waals surface area contributed by atoms with Crippen LogP contribution in [0.2, 0.25) is 0 Å². The van der Waals surface area contributed by atoms with E-state index in [-0.39, 0.29) is 12.0 Å². The highest BCUT2D eigenvalue weighted by atomic mass is 16.5. The number of ether oxygens (including phenoxy) is 1. The van der Waals surface area contributed by atoms with Crippen molar-refractivity contribution in [3.63, 3.8) is 0 Å². The molecule has 0 spiro atoms. The molecule has 20 heavy (non-hydrogen) atoms. The normalized spacial score (nSPS) is 11.6. The van der Waals surface area contributed by atoms with Gasteiger partial charge >= 0.3 is 17.7 Å². The molecule has 0 unspecified atom stereocenters. The van der Waals surface area contributed by atoms with E-state index in [4.69, 9.17) is 9.52 Å². The van der Waals surface area contributed by atoms with Crippen molar-refractivity contribution in [3.8, 4) is 0 Å². The summed E-state index contributed by atoms with van der Waals surface area (Å²) in [5, 5.41) is 9.04. The SMILES string of the molecule is COC(=O)C/C(=C\c1ccc2[nH]c(=O)oc2c1)C(=O)O. The van der Waals surface area contributed by atoms with E-state index in [9.17, 15) is 14.4 Å². The molecule has 0 amide bonds. The van der Waals surface area contributed by atoms with Crippen molar-refractivity contribution < 1.29 is 23.8 Å². The van der Waals surface area contributed by atoms with Crippen molar-refractivity contribution in [2.75, 3.05) is 7.11 Å². The standard InChI is InChI=1S/C13H11NO6/c1-19-11(15)6-8(12(16)17)4-7-2-3-9-10(5-7)20-13(18)14-9/h2-5H,6H2,1H3,(H,14,18)(H,16,17)/b8-4+. The lowest BCUT2D eigenvalue weighted by Gasteiger charge is -2.01. The summed E-state index contributed by atoms with van der Waals surface area (Å²) in [4.78, 5) is 35.7. The van der Waals surface area contributed by atoms with Gasteiger partial charge in [0.25, 0.3) is 0 Å². The lowest BCUT2D eigenvalue weighted by Crippen LogP contribution is -2.08. The molecular weight excluding hydrogens is 266 g/mol. The highest BCUT2D eigenvalue weighted by Crippen LogP contribution is 2.16. The van der Waals surface area contributed by atoms with Crippen LogP contribution in [0.5, 0.6) is 0 Å². The number of benzene rings is 1. The van der Waals surface area contributed by atoms with Gasteiger partial charge in [-0.15, -0.1) is 0 Å². The molecule has 0 fully saturated rings. The molecule has 1 aromatic carbocycles. The Morgan fingerprint density at radius 2 is 2.20 bits per heavy atom. The molecule has 0 saturated carbocycles. The number of oxazole rings is 1. The Kier molecular flexibility index (Phi) is 3.69. The van der Waals surface area contributed by atoms with Crippen LogP contribution in [0.4, 0.5) is 0 Å². The van der Waals surface area contributed by atoms with Crippen molar-refractivity contribution >= 4 is 29.1 Å². The Labute approximate surface area is 112 Å². The smallest absolute Gasteiger partial charge is 0.417 e. The van der Waals surface area contributed by atoms with E-state index in [2.05, 4.69) is 9.72 Å². The van der Waals surface area contributed by atoms with Crippen LogP contribution < -0.4 is 5.76 Å². The summed E-state index contributed by atoms with van der Waals surface area (Å²) < 4.78 is 9.31. The summed E-state index contributed by atoms with van der Waals surface area (Å²) in [5.74, 6) is -2.45. The van der Waals surface area contributed by atoms with E-state index in [1.807, 2.05) is 0 Å². The van der Waals surface area contributed by atoms with Crippen LogP contribution >= 0.6 is 0 Å². The van der Waals surface area contributed by atoms with Gasteiger partial charge < -0.3 is 14.3 Å². The number of carbonyl (C=O) groups excluding carboxylic acids is 1. The van der Waals surface area contributed by atoms with Crippen molar-refractivity contribution in [2.24, 2.45) is 0 Å². The molecule has 2 rings (SSSR count). The molecule has 1 heterocycles. The lowest BCUT2D eigenvalue weighted by molar-refractivity contribution is -0.142. The predicted molar refractivity (Wildman–Crippen MR) is 69.1 cm³/mol. The monoisotopic (exact) mass is 277 g/mol. The van der Waals surface area contributed by atoms with Gasteiger partial charge in [0.1, 0.15) is 0 Å². The maximum Gasteiger partial charge on any atom is 0.417 e. The number of esters is 1. The first kappa shape index (κ1) is 13.6. The Bertz CT molecular complexity index is 752. The average Bonchev–Trinajstić information content (AvgIpc) is 2.76. The van der Waals surface area contributed by atoms with Crippen molar-refractivity contribution in [3.05, 3.63) is 39.9 Å². The number of fused-ring (bicyclic) bond motifs is 1. The van der Waals surface area contributed by atoms with Gasteiger partial charge in [-0.2, -0.15) is 0 Å². The van der Waals surface area contributed by atoms with E-state index in [0.717, 1.165) is 0 Å². The van der Waals surface area contributed by atoms with Crippen LogP contribution in [-0.2, 0) is 14.3 Å². The zero-order valence-electron chi connectivity index (χ0n) is 10.5. The molecule has 0 radical (unpaired) electrons. The van der Waals surface area contributed by atoms with Gasteiger partial charge in [-0.05, 0) is 23.8 Å². The van der Waals surface area contributed by atoms with Crippen LogP contribution in [0.15, 0.2) is 33.0 Å². The van der Waals surface area contributed by atoms with Crippen molar-refractivity contribution in [1.82, 2.24) is 4.98 Å². The number of carboxylic acids is 1. The number of H-pyrrole nitrogens is 1. The average molecular weight is 277 g/mol. The van der Waals surface area contributed by atoms with Gasteiger partial charge in [0.05, 0.1) is 19.0 Å². The number of aliphatic carboxylic acids is 1. The number of rotatable bonds is 4. The molecule has 0 saturated heterocycles. The van der Waals surface area contributed by atoms with Gasteiger partial charge in [-0.3, -0.25) is 9.78 Å². The number of nitrogens with one attached hydrogen (secondary N) is 1. The van der Waals surface area contributed by atoms with Crippen LogP contribution in [0.3, 0.4) is 0 Å². The molecule has 0 aliphatic rings. The largest absolute Gasteiger partial charge is 0.478 e. The zero-order chi connectivity index (χ0) is 14.7. The second-order valence-corrected chi connectivity index (χ2v) is 4.00. The predicted octanol–water partition coefficient (Wildman–Crippen LogP) is 1.15. The first-order valence-corrected chi connectivity index (χ1v) is 5.63. The maximum absolute atomic E-state index is 11.1. The van der Waals surface area contributed by atoms with Gasteiger partial charge in [-0.25, -0.2) is 9.59 Å². The fourth-order valence-electron chi connectivity index (χ4n) is 1.67. The quantitative estimate of drug-likeness (QED) is 0.640. The second-order valence-electron chi connectivity index (χ2n) is 4.00. The fraction of sp³-hybridized carbons (Fsp3) is 0.154. The van der Waals surface area contributed by atoms with E-state index in [1.165, 1.54) is 19.3 Å². The second kappa shape index (κ2) is 5.43. The first-order chi connectivity index (χ1) is 9.49. The van der Waals surface area contributed by atoms with E-state index < -0.39 is 17.7 Å². The summed E-state index contributed by atoms with van der Waals surface area (Å²) in [6.07, 6.45) is 0.979. The van der Waals surface area contributed by atoms with E-state index in [1.54, 1.807) is 12.1 Å². The van der Waals surface area contributed by atoms with Gasteiger partial charge in [0, 0.05) is 5.57 Å². The number of methoxy groups -OCH3 is 1. The number of hydrogen-bond donors (Lipinski definition) is 2. The van der Waals surface area contributed by atoms with E-state index >= 15 is 0 Å². The Balaban J connectivity index is 2.39. The molecule has 7 nitrogen and oxygen atoms in total. The molecule has 0 aliphatic carbocycles. The molecule has 7 heteroatoms. The Morgan fingerprint density at radius 3 is 2.85 bits per heavy atom. The Hall–Kier alpha value is -2.83. The minimum Gasteiger partial charge on any atom is -0.478 e. The van der Waals surface area contributed by atoms with Crippen LogP contribution in [0.1, 0.15) is 12.0 Å². The van der Waals surface area contributed by atoms with Crippen molar-refractivity contribution in [1.29, 1.82) is 0 Å². The summed E-state index contributed by atoms with van der Waals surface area (Å²) in [7, 11) is 1.18. The van der Waals surface area contributed by atoms with Crippen LogP contribution in [0.25, 0.3) is 17.2 Å². The number of carboxylic acid groups (broad SMARTS) is 1. The highest BCUT2D eigenvalue weighted by molar-refractivity contribution is 5.97. The maximum atomic E-state index is 11.1. The molecule has 104 valence electrons. The third-order valence-corrected chi connectivity index (χ3v) is 2.62. The highest BCUT2D eigenvalue weighted by Gasteiger charge is 2.13. The summed E-state index contributed by atoms with van der Waals surface area (Å²) in [6, 6.07) is 4.70. The first-order valence-electron chi connectivity index (χ1n) is 5.63. The third-order valence-electron chi connectivity index (χ3n) is 2.62. The lowest BCUT2D eigenvalue weighted by atomic mass is 10.1. The summed E-state index contributed by atoms with van der Waals surface area (Å²) in [6.45, 7) is 0. The minimum atomic E-state index is -1.22. The molecule has 2 N–H and O–H groups in total. The third kappa shape index (κ3) is 2.94. The van der Waals surface area contributed by atoms with Crippen LogP contribution in [-0.4, -0.2) is 29.1 Å². The zero-order valence-corrected chi connectivity index (χ0v) is 10.5. The molecule has 2 aromatic rings. The number of aromatic nitrogens is 1.